The largest absolute Gasteiger partial charge is 0.416 e. The molecule has 5 rings (SSSR count). The van der Waals surface area contributed by atoms with Crippen molar-refractivity contribution in [3.05, 3.63) is 88.4 Å². The number of amides is 1. The Morgan fingerprint density at radius 1 is 1.12 bits per heavy atom. The van der Waals surface area contributed by atoms with E-state index in [-0.39, 0.29) is 5.91 Å². The van der Waals surface area contributed by atoms with Crippen molar-refractivity contribution in [1.82, 2.24) is 19.7 Å². The summed E-state index contributed by atoms with van der Waals surface area (Å²) >= 11 is 0. The Balaban J connectivity index is 1.69. The third-order valence-electron chi connectivity index (χ3n) is 6.05. The van der Waals surface area contributed by atoms with Crippen LogP contribution >= 0.6 is 0 Å². The van der Waals surface area contributed by atoms with Crippen LogP contribution in [0.4, 0.5) is 13.2 Å². The standard InChI is InChI=1S/C24H21F3N4O/c1-14-12-20(30(2)29-14)23(32)31-11-10-18-17-8-3-4-9-19(17)28-21(18)22(31)15-6-5-7-16(13-15)24(25,26)27/h3-9,12-13,22,28H,10-11H2,1-2H3/t22-/m0/s1. The minimum absolute atomic E-state index is 0.264. The summed E-state index contributed by atoms with van der Waals surface area (Å²) in [7, 11) is 1.69. The van der Waals surface area contributed by atoms with Gasteiger partial charge >= 0.3 is 6.18 Å². The van der Waals surface area contributed by atoms with Crippen molar-refractivity contribution >= 4 is 16.8 Å². The van der Waals surface area contributed by atoms with Gasteiger partial charge in [0.15, 0.2) is 0 Å². The van der Waals surface area contributed by atoms with E-state index in [0.29, 0.717) is 29.9 Å². The molecule has 5 nitrogen and oxygen atoms in total. The summed E-state index contributed by atoms with van der Waals surface area (Å²) in [6.45, 7) is 2.19. The molecule has 4 aromatic rings. The summed E-state index contributed by atoms with van der Waals surface area (Å²) < 4.78 is 41.9. The van der Waals surface area contributed by atoms with E-state index in [9.17, 15) is 18.0 Å². The maximum atomic E-state index is 13.6. The van der Waals surface area contributed by atoms with Gasteiger partial charge in [0.1, 0.15) is 5.69 Å². The van der Waals surface area contributed by atoms with Gasteiger partial charge in [0.05, 0.1) is 17.3 Å². The molecular formula is C24H21F3N4O. The van der Waals surface area contributed by atoms with Gasteiger partial charge in [0.25, 0.3) is 5.91 Å². The van der Waals surface area contributed by atoms with Crippen LogP contribution in [-0.4, -0.2) is 32.1 Å². The van der Waals surface area contributed by atoms with Crippen LogP contribution in [0.3, 0.4) is 0 Å². The molecule has 1 aliphatic rings. The van der Waals surface area contributed by atoms with Crippen LogP contribution in [0.5, 0.6) is 0 Å². The summed E-state index contributed by atoms with van der Waals surface area (Å²) in [5.41, 5.74) is 3.48. The number of aryl methyl sites for hydroxylation is 2. The fourth-order valence-electron chi connectivity index (χ4n) is 4.65. The van der Waals surface area contributed by atoms with Crippen molar-refractivity contribution in [2.75, 3.05) is 6.54 Å². The highest BCUT2D eigenvalue weighted by molar-refractivity contribution is 5.94. The molecule has 1 atom stereocenters. The number of aromatic amines is 1. The zero-order chi connectivity index (χ0) is 22.6. The lowest BCUT2D eigenvalue weighted by Gasteiger charge is -2.36. The van der Waals surface area contributed by atoms with Gasteiger partial charge in [0.2, 0.25) is 0 Å². The van der Waals surface area contributed by atoms with E-state index in [1.807, 2.05) is 24.3 Å². The first-order chi connectivity index (χ1) is 15.2. The number of nitrogens with one attached hydrogen (secondary N) is 1. The lowest BCUT2D eigenvalue weighted by atomic mass is 9.91. The van der Waals surface area contributed by atoms with E-state index >= 15 is 0 Å². The molecule has 1 amide bonds. The molecule has 2 aromatic carbocycles. The number of carbonyl (C=O) groups is 1. The fraction of sp³-hybridized carbons (Fsp3) is 0.250. The molecular weight excluding hydrogens is 417 g/mol. The number of para-hydroxylation sites is 1. The third-order valence-corrected chi connectivity index (χ3v) is 6.05. The lowest BCUT2D eigenvalue weighted by Crippen LogP contribution is -2.41. The van der Waals surface area contributed by atoms with Crippen LogP contribution in [0.2, 0.25) is 0 Å². The van der Waals surface area contributed by atoms with E-state index in [0.717, 1.165) is 34.3 Å². The van der Waals surface area contributed by atoms with Crippen LogP contribution in [-0.2, 0) is 19.6 Å². The van der Waals surface area contributed by atoms with E-state index in [2.05, 4.69) is 10.1 Å². The van der Waals surface area contributed by atoms with E-state index in [4.69, 9.17) is 0 Å². The van der Waals surface area contributed by atoms with Crippen LogP contribution in [0, 0.1) is 6.92 Å². The summed E-state index contributed by atoms with van der Waals surface area (Å²) in [6, 6.07) is 14.0. The molecule has 0 bridgehead atoms. The number of benzene rings is 2. The zero-order valence-corrected chi connectivity index (χ0v) is 17.6. The van der Waals surface area contributed by atoms with Gasteiger partial charge in [-0.3, -0.25) is 9.48 Å². The second kappa shape index (κ2) is 7.25. The number of nitrogens with zero attached hydrogens (tertiary/aromatic N) is 3. The average molecular weight is 438 g/mol. The minimum Gasteiger partial charge on any atom is -0.356 e. The number of halogens is 3. The number of alkyl halides is 3. The van der Waals surface area contributed by atoms with E-state index < -0.39 is 17.8 Å². The monoisotopic (exact) mass is 438 g/mol. The van der Waals surface area contributed by atoms with Crippen molar-refractivity contribution in [3.8, 4) is 0 Å². The van der Waals surface area contributed by atoms with Gasteiger partial charge in [-0.1, -0.05) is 30.3 Å². The normalized spacial score (nSPS) is 16.4. The first-order valence-electron chi connectivity index (χ1n) is 10.3. The minimum atomic E-state index is -4.47. The molecule has 0 saturated carbocycles. The molecule has 0 aliphatic carbocycles. The lowest BCUT2D eigenvalue weighted by molar-refractivity contribution is -0.137. The Morgan fingerprint density at radius 3 is 2.62 bits per heavy atom. The third kappa shape index (κ3) is 3.26. The molecule has 32 heavy (non-hydrogen) atoms. The summed E-state index contributed by atoms with van der Waals surface area (Å²) in [5, 5.41) is 5.29. The molecule has 0 radical (unpaired) electrons. The number of carbonyl (C=O) groups excluding carboxylic acids is 1. The molecule has 1 aliphatic heterocycles. The quantitative estimate of drug-likeness (QED) is 0.478. The molecule has 8 heteroatoms. The van der Waals surface area contributed by atoms with Gasteiger partial charge in [-0.25, -0.2) is 0 Å². The first kappa shape index (κ1) is 20.4. The SMILES string of the molecule is Cc1cc(C(=O)N2CCc3c([nH]c4ccccc34)[C@@H]2c2cccc(C(F)(F)F)c2)n(C)n1. The maximum absolute atomic E-state index is 13.6. The predicted molar refractivity (Wildman–Crippen MR) is 114 cm³/mol. The summed E-state index contributed by atoms with van der Waals surface area (Å²) in [5.74, 6) is -0.264. The highest BCUT2D eigenvalue weighted by atomic mass is 19.4. The topological polar surface area (TPSA) is 53.9 Å². The predicted octanol–water partition coefficient (Wildman–Crippen LogP) is 5.02. The number of aromatic nitrogens is 3. The van der Waals surface area contributed by atoms with Gasteiger partial charge in [0, 0.05) is 30.2 Å². The fourth-order valence-corrected chi connectivity index (χ4v) is 4.65. The second-order valence-electron chi connectivity index (χ2n) is 8.13. The number of hydrogen-bond donors (Lipinski definition) is 1. The van der Waals surface area contributed by atoms with Crippen molar-refractivity contribution in [2.24, 2.45) is 7.05 Å². The Kier molecular flexibility index (Phi) is 4.62. The van der Waals surface area contributed by atoms with Crippen molar-refractivity contribution in [1.29, 1.82) is 0 Å². The van der Waals surface area contributed by atoms with Gasteiger partial charge in [-0.2, -0.15) is 18.3 Å². The Bertz CT molecular complexity index is 1330. The highest BCUT2D eigenvalue weighted by Crippen LogP contribution is 2.40. The van der Waals surface area contributed by atoms with Crippen molar-refractivity contribution < 1.29 is 18.0 Å². The van der Waals surface area contributed by atoms with Crippen LogP contribution in [0.15, 0.2) is 54.6 Å². The number of hydrogen-bond acceptors (Lipinski definition) is 2. The Morgan fingerprint density at radius 2 is 1.91 bits per heavy atom. The Labute approximate surface area is 182 Å². The average Bonchev–Trinajstić information content (AvgIpc) is 3.31. The van der Waals surface area contributed by atoms with Crippen molar-refractivity contribution in [2.45, 2.75) is 25.6 Å². The molecule has 0 fully saturated rings. The van der Waals surface area contributed by atoms with Crippen LogP contribution in [0.1, 0.15) is 44.6 Å². The maximum Gasteiger partial charge on any atom is 0.416 e. The molecule has 2 aromatic heterocycles. The molecule has 0 saturated heterocycles. The van der Waals surface area contributed by atoms with E-state index in [1.54, 1.807) is 31.0 Å². The highest BCUT2D eigenvalue weighted by Gasteiger charge is 2.37. The zero-order valence-electron chi connectivity index (χ0n) is 17.6. The number of fused-ring (bicyclic) bond motifs is 3. The molecule has 3 heterocycles. The van der Waals surface area contributed by atoms with Crippen LogP contribution < -0.4 is 0 Å². The van der Waals surface area contributed by atoms with Gasteiger partial charge in [-0.05, 0) is 48.7 Å². The van der Waals surface area contributed by atoms with Gasteiger partial charge < -0.3 is 9.88 Å². The molecule has 0 spiro atoms. The van der Waals surface area contributed by atoms with Crippen molar-refractivity contribution in [3.63, 3.8) is 0 Å². The van der Waals surface area contributed by atoms with E-state index in [1.165, 1.54) is 10.7 Å². The van der Waals surface area contributed by atoms with Gasteiger partial charge in [-0.15, -0.1) is 0 Å². The first-order valence-corrected chi connectivity index (χ1v) is 10.3. The number of H-pyrrole nitrogens is 1. The Hall–Kier alpha value is -3.55. The molecule has 164 valence electrons. The second-order valence-corrected chi connectivity index (χ2v) is 8.13. The summed E-state index contributed by atoms with van der Waals surface area (Å²) in [6.07, 6.45) is -3.86. The summed E-state index contributed by atoms with van der Waals surface area (Å²) in [4.78, 5) is 18.6. The smallest absolute Gasteiger partial charge is 0.356 e. The number of rotatable bonds is 2. The molecule has 0 unspecified atom stereocenters. The van der Waals surface area contributed by atoms with Crippen LogP contribution in [0.25, 0.3) is 10.9 Å². The molecule has 1 N–H and O–H groups in total.